The van der Waals surface area contributed by atoms with Crippen molar-refractivity contribution in [3.8, 4) is 5.75 Å². The first kappa shape index (κ1) is 15.1. The molecule has 19 heavy (non-hydrogen) atoms. The van der Waals surface area contributed by atoms with Crippen LogP contribution in [0.2, 0.25) is 0 Å². The first-order valence-corrected chi connectivity index (χ1v) is 6.09. The largest absolute Gasteiger partial charge is 0.508 e. The quantitative estimate of drug-likeness (QED) is 0.482. The fraction of sp³-hybridized carbons (Fsp3) is 0.333. The van der Waals surface area contributed by atoms with Gasteiger partial charge in [0.25, 0.3) is 0 Å². The highest BCUT2D eigenvalue weighted by Gasteiger charge is 2.14. The Morgan fingerprint density at radius 2 is 1.79 bits per heavy atom. The molecule has 0 saturated heterocycles. The van der Waals surface area contributed by atoms with Crippen LogP contribution in [0.25, 0.3) is 6.08 Å². The summed E-state index contributed by atoms with van der Waals surface area (Å²) in [5.74, 6) is -0.244. The van der Waals surface area contributed by atoms with Crippen LogP contribution in [0.3, 0.4) is 0 Å². The molecule has 1 aromatic carbocycles. The zero-order valence-corrected chi connectivity index (χ0v) is 11.5. The van der Waals surface area contributed by atoms with E-state index in [9.17, 15) is 14.7 Å². The van der Waals surface area contributed by atoms with Crippen LogP contribution in [0.4, 0.5) is 0 Å². The summed E-state index contributed by atoms with van der Waals surface area (Å²) in [6.45, 7) is 2.00. The van der Waals surface area contributed by atoms with Crippen LogP contribution in [0, 0.1) is 0 Å². The number of carbonyl (C=O) groups excluding carboxylic acids is 2. The third-order valence-corrected chi connectivity index (χ3v) is 2.67. The zero-order valence-electron chi connectivity index (χ0n) is 11.5. The third-order valence-electron chi connectivity index (χ3n) is 2.67. The Labute approximate surface area is 113 Å². The molecule has 0 atom stereocenters. The Morgan fingerprint density at radius 3 is 2.26 bits per heavy atom. The van der Waals surface area contributed by atoms with Crippen molar-refractivity contribution in [3.63, 3.8) is 0 Å². The van der Waals surface area contributed by atoms with Gasteiger partial charge in [0.05, 0.1) is 5.57 Å². The summed E-state index contributed by atoms with van der Waals surface area (Å²) in [7, 11) is 3.76. The van der Waals surface area contributed by atoms with Gasteiger partial charge < -0.3 is 10.0 Å². The lowest BCUT2D eigenvalue weighted by molar-refractivity contribution is -0.120. The normalized spacial score (nSPS) is 11.7. The number of aromatic hydroxyl groups is 1. The number of hydrogen-bond acceptors (Lipinski definition) is 4. The van der Waals surface area contributed by atoms with Gasteiger partial charge in [0, 0.05) is 13.0 Å². The highest BCUT2D eigenvalue weighted by molar-refractivity contribution is 6.22. The second kappa shape index (κ2) is 6.85. The molecule has 4 nitrogen and oxygen atoms in total. The highest BCUT2D eigenvalue weighted by atomic mass is 16.3. The van der Waals surface area contributed by atoms with E-state index in [1.165, 1.54) is 19.1 Å². The molecular weight excluding hydrogens is 242 g/mol. The lowest BCUT2D eigenvalue weighted by Crippen LogP contribution is -2.19. The van der Waals surface area contributed by atoms with E-state index >= 15 is 0 Å². The van der Waals surface area contributed by atoms with Gasteiger partial charge in [-0.3, -0.25) is 9.59 Å². The molecule has 0 aliphatic heterocycles. The number of hydrogen-bond donors (Lipinski definition) is 1. The van der Waals surface area contributed by atoms with Crippen LogP contribution in [0.5, 0.6) is 5.75 Å². The molecule has 0 aliphatic rings. The summed E-state index contributed by atoms with van der Waals surface area (Å²) >= 11 is 0. The molecule has 0 amide bonds. The van der Waals surface area contributed by atoms with Crippen molar-refractivity contribution in [1.82, 2.24) is 4.90 Å². The second-order valence-electron chi connectivity index (χ2n) is 4.68. The molecule has 0 spiro atoms. The van der Waals surface area contributed by atoms with Gasteiger partial charge in [0.2, 0.25) is 0 Å². The number of ketones is 2. The monoisotopic (exact) mass is 261 g/mol. The summed E-state index contributed by atoms with van der Waals surface area (Å²) in [5, 5.41) is 9.19. The average Bonchev–Trinajstić information content (AvgIpc) is 2.34. The molecule has 0 aliphatic carbocycles. The van der Waals surface area contributed by atoms with Crippen LogP contribution in [-0.4, -0.2) is 42.2 Å². The maximum atomic E-state index is 12.0. The van der Waals surface area contributed by atoms with Crippen LogP contribution < -0.4 is 0 Å². The van der Waals surface area contributed by atoms with E-state index in [4.69, 9.17) is 0 Å². The van der Waals surface area contributed by atoms with E-state index in [1.54, 1.807) is 18.2 Å². The standard InChI is InChI=1S/C15H19NO3/c1-11(17)14(15(19)8-9-16(2)3)10-12-4-6-13(18)7-5-12/h4-7,10,18H,8-9H2,1-3H3. The van der Waals surface area contributed by atoms with Crippen LogP contribution in [-0.2, 0) is 9.59 Å². The lowest BCUT2D eigenvalue weighted by atomic mass is 10.0. The van der Waals surface area contributed by atoms with E-state index in [-0.39, 0.29) is 22.9 Å². The first-order chi connectivity index (χ1) is 8.90. The summed E-state index contributed by atoms with van der Waals surface area (Å²) in [4.78, 5) is 25.4. The molecule has 1 N–H and O–H groups in total. The molecule has 4 heteroatoms. The molecular formula is C15H19NO3. The van der Waals surface area contributed by atoms with Crippen molar-refractivity contribution in [3.05, 3.63) is 35.4 Å². The Morgan fingerprint density at radius 1 is 1.21 bits per heavy atom. The van der Waals surface area contributed by atoms with E-state index in [1.807, 2.05) is 19.0 Å². The van der Waals surface area contributed by atoms with Gasteiger partial charge in [-0.2, -0.15) is 0 Å². The van der Waals surface area contributed by atoms with Crippen molar-refractivity contribution >= 4 is 17.6 Å². The first-order valence-electron chi connectivity index (χ1n) is 6.09. The Bertz CT molecular complexity index is 487. The van der Waals surface area contributed by atoms with Crippen molar-refractivity contribution < 1.29 is 14.7 Å². The number of carbonyl (C=O) groups is 2. The SMILES string of the molecule is CC(=O)C(=Cc1ccc(O)cc1)C(=O)CCN(C)C. The minimum atomic E-state index is -0.239. The van der Waals surface area contributed by atoms with Gasteiger partial charge in [-0.25, -0.2) is 0 Å². The minimum absolute atomic E-state index is 0.153. The van der Waals surface area contributed by atoms with Crippen molar-refractivity contribution in [2.75, 3.05) is 20.6 Å². The van der Waals surface area contributed by atoms with Crippen LogP contribution in [0.15, 0.2) is 29.8 Å². The van der Waals surface area contributed by atoms with E-state index in [0.29, 0.717) is 13.0 Å². The van der Waals surface area contributed by atoms with Gasteiger partial charge >= 0.3 is 0 Å². The lowest BCUT2D eigenvalue weighted by Gasteiger charge is -2.09. The molecule has 0 fully saturated rings. The maximum absolute atomic E-state index is 12.0. The summed E-state index contributed by atoms with van der Waals surface area (Å²) in [5.41, 5.74) is 0.925. The number of phenolic OH excluding ortho intramolecular Hbond substituents is 1. The van der Waals surface area contributed by atoms with Crippen molar-refractivity contribution in [2.24, 2.45) is 0 Å². The molecule has 1 aromatic rings. The number of nitrogens with zero attached hydrogens (tertiary/aromatic N) is 1. The number of phenols is 1. The Balaban J connectivity index is 2.91. The fourth-order valence-electron chi connectivity index (χ4n) is 1.58. The van der Waals surface area contributed by atoms with E-state index in [0.717, 1.165) is 5.56 Å². The molecule has 0 unspecified atom stereocenters. The van der Waals surface area contributed by atoms with Crippen molar-refractivity contribution in [2.45, 2.75) is 13.3 Å². The van der Waals surface area contributed by atoms with E-state index < -0.39 is 0 Å². The highest BCUT2D eigenvalue weighted by Crippen LogP contribution is 2.14. The zero-order chi connectivity index (χ0) is 14.4. The minimum Gasteiger partial charge on any atom is -0.508 e. The van der Waals surface area contributed by atoms with Crippen LogP contribution >= 0.6 is 0 Å². The summed E-state index contributed by atoms with van der Waals surface area (Å²) in [6, 6.07) is 6.37. The van der Waals surface area contributed by atoms with Gasteiger partial charge in [-0.1, -0.05) is 12.1 Å². The van der Waals surface area contributed by atoms with Gasteiger partial charge in [-0.05, 0) is 44.8 Å². The molecule has 1 rings (SSSR count). The maximum Gasteiger partial charge on any atom is 0.167 e. The predicted octanol–water partition coefficient (Wildman–Crippen LogP) is 1.89. The predicted molar refractivity (Wildman–Crippen MR) is 74.9 cm³/mol. The summed E-state index contributed by atoms with van der Waals surface area (Å²) < 4.78 is 0. The Kier molecular flexibility index (Phi) is 5.45. The van der Waals surface area contributed by atoms with Gasteiger partial charge in [0.15, 0.2) is 11.6 Å². The number of Topliss-reactive ketones (excluding diaryl/α,β-unsaturated/α-hetero) is 2. The average molecular weight is 261 g/mol. The number of rotatable bonds is 6. The third kappa shape index (κ3) is 5.06. The summed E-state index contributed by atoms with van der Waals surface area (Å²) in [6.07, 6.45) is 1.89. The molecule has 0 radical (unpaired) electrons. The number of benzene rings is 1. The smallest absolute Gasteiger partial charge is 0.167 e. The molecule has 0 saturated carbocycles. The topological polar surface area (TPSA) is 57.6 Å². The van der Waals surface area contributed by atoms with Gasteiger partial charge in [0.1, 0.15) is 5.75 Å². The molecule has 0 heterocycles. The van der Waals surface area contributed by atoms with Gasteiger partial charge in [-0.15, -0.1) is 0 Å². The van der Waals surface area contributed by atoms with Crippen LogP contribution in [0.1, 0.15) is 18.9 Å². The molecule has 0 bridgehead atoms. The number of allylic oxidation sites excluding steroid dienone is 1. The molecule has 102 valence electrons. The molecule has 0 aromatic heterocycles. The Hall–Kier alpha value is -1.94. The van der Waals surface area contributed by atoms with Crippen molar-refractivity contribution in [1.29, 1.82) is 0 Å². The van der Waals surface area contributed by atoms with E-state index in [2.05, 4.69) is 0 Å². The second-order valence-corrected chi connectivity index (χ2v) is 4.68. The fourth-order valence-corrected chi connectivity index (χ4v) is 1.58.